The van der Waals surface area contributed by atoms with Crippen LogP contribution >= 0.6 is 0 Å². The van der Waals surface area contributed by atoms with E-state index in [0.717, 1.165) is 17.7 Å². The number of hydrogen-bond acceptors (Lipinski definition) is 3. The molecule has 0 fully saturated rings. The van der Waals surface area contributed by atoms with Gasteiger partial charge >= 0.3 is 0 Å². The molecule has 96 valence electrons. The number of rotatable bonds is 4. The Labute approximate surface area is 113 Å². The molecule has 0 unspecified atom stereocenters. The van der Waals surface area contributed by atoms with E-state index in [0.29, 0.717) is 11.3 Å². The van der Waals surface area contributed by atoms with E-state index in [1.54, 1.807) is 24.3 Å². The highest BCUT2D eigenvalue weighted by molar-refractivity contribution is 5.41. The summed E-state index contributed by atoms with van der Waals surface area (Å²) >= 11 is 0. The van der Waals surface area contributed by atoms with E-state index in [1.165, 1.54) is 0 Å². The summed E-state index contributed by atoms with van der Waals surface area (Å²) in [4.78, 5) is 0. The second-order valence-electron chi connectivity index (χ2n) is 4.29. The minimum atomic E-state index is -0.0328. The number of nitrogens with zero attached hydrogens (tertiary/aromatic N) is 1. The molecule has 0 aromatic heterocycles. The Morgan fingerprint density at radius 1 is 1.16 bits per heavy atom. The summed E-state index contributed by atoms with van der Waals surface area (Å²) in [7, 11) is 0. The van der Waals surface area contributed by atoms with Gasteiger partial charge in [0.2, 0.25) is 0 Å². The Morgan fingerprint density at radius 2 is 1.84 bits per heavy atom. The smallest absolute Gasteiger partial charge is 0.132 e. The SMILES string of the molecule is CC[C@@H](N)c1ccccc1Oc1ccc(C#N)cc1. The van der Waals surface area contributed by atoms with Crippen molar-refractivity contribution < 1.29 is 4.74 Å². The monoisotopic (exact) mass is 252 g/mol. The molecule has 0 radical (unpaired) electrons. The molecule has 1 atom stereocenters. The summed E-state index contributed by atoms with van der Waals surface area (Å²) in [6, 6.07) is 16.8. The van der Waals surface area contributed by atoms with E-state index in [2.05, 4.69) is 6.07 Å². The summed E-state index contributed by atoms with van der Waals surface area (Å²) in [6.45, 7) is 2.04. The quantitative estimate of drug-likeness (QED) is 0.901. The zero-order valence-corrected chi connectivity index (χ0v) is 10.8. The fraction of sp³-hybridized carbons (Fsp3) is 0.188. The number of para-hydroxylation sites is 1. The molecule has 0 heterocycles. The minimum Gasteiger partial charge on any atom is -0.457 e. The summed E-state index contributed by atoms with van der Waals surface area (Å²) in [5.74, 6) is 1.47. The van der Waals surface area contributed by atoms with Gasteiger partial charge in [-0.15, -0.1) is 0 Å². The first kappa shape index (κ1) is 13.1. The van der Waals surface area contributed by atoms with Crippen molar-refractivity contribution in [1.82, 2.24) is 0 Å². The highest BCUT2D eigenvalue weighted by Gasteiger charge is 2.10. The fourth-order valence-electron chi connectivity index (χ4n) is 1.82. The first-order chi connectivity index (χ1) is 9.24. The van der Waals surface area contributed by atoms with Gasteiger partial charge in [0.05, 0.1) is 11.6 Å². The number of ether oxygens (including phenoxy) is 1. The average molecular weight is 252 g/mol. The van der Waals surface area contributed by atoms with Crippen LogP contribution in [0, 0.1) is 11.3 Å². The zero-order valence-electron chi connectivity index (χ0n) is 10.8. The van der Waals surface area contributed by atoms with E-state index in [4.69, 9.17) is 15.7 Å². The lowest BCUT2D eigenvalue weighted by molar-refractivity contribution is 0.468. The number of nitrogens with two attached hydrogens (primary N) is 1. The molecule has 0 bridgehead atoms. The molecule has 19 heavy (non-hydrogen) atoms. The van der Waals surface area contributed by atoms with E-state index in [9.17, 15) is 0 Å². The van der Waals surface area contributed by atoms with Crippen LogP contribution in [0.1, 0.15) is 30.5 Å². The Morgan fingerprint density at radius 3 is 2.47 bits per heavy atom. The van der Waals surface area contributed by atoms with Crippen LogP contribution < -0.4 is 10.5 Å². The van der Waals surface area contributed by atoms with Gasteiger partial charge < -0.3 is 10.5 Å². The van der Waals surface area contributed by atoms with Gasteiger partial charge in [0.25, 0.3) is 0 Å². The molecule has 0 saturated carbocycles. The highest BCUT2D eigenvalue weighted by Crippen LogP contribution is 2.29. The number of benzene rings is 2. The average Bonchev–Trinajstić information content (AvgIpc) is 2.48. The van der Waals surface area contributed by atoms with Gasteiger partial charge in [0, 0.05) is 11.6 Å². The van der Waals surface area contributed by atoms with Gasteiger partial charge in [-0.3, -0.25) is 0 Å². The Kier molecular flexibility index (Phi) is 4.17. The molecule has 3 heteroatoms. The second-order valence-corrected chi connectivity index (χ2v) is 4.29. The first-order valence-electron chi connectivity index (χ1n) is 6.27. The summed E-state index contributed by atoms with van der Waals surface area (Å²) in [5, 5.41) is 8.76. The lowest BCUT2D eigenvalue weighted by Gasteiger charge is -2.15. The van der Waals surface area contributed by atoms with Crippen LogP contribution in [0.2, 0.25) is 0 Å². The van der Waals surface area contributed by atoms with Crippen molar-refractivity contribution in [1.29, 1.82) is 5.26 Å². The molecule has 0 saturated heterocycles. The predicted molar refractivity (Wildman–Crippen MR) is 74.9 cm³/mol. The minimum absolute atomic E-state index is 0.0328. The molecule has 0 spiro atoms. The second kappa shape index (κ2) is 6.03. The number of hydrogen-bond donors (Lipinski definition) is 1. The summed E-state index contributed by atoms with van der Waals surface area (Å²) in [6.07, 6.45) is 0.855. The molecular formula is C16H16N2O. The van der Waals surface area contributed by atoms with Crippen LogP contribution in [-0.2, 0) is 0 Å². The normalized spacial score (nSPS) is 11.6. The molecule has 2 N–H and O–H groups in total. The molecule has 0 aliphatic heterocycles. The van der Waals surface area contributed by atoms with Gasteiger partial charge in [0.15, 0.2) is 0 Å². The van der Waals surface area contributed by atoms with Crippen LogP contribution in [-0.4, -0.2) is 0 Å². The van der Waals surface area contributed by atoms with Crippen molar-refractivity contribution in [2.45, 2.75) is 19.4 Å². The molecule has 2 rings (SSSR count). The third kappa shape index (κ3) is 3.12. The molecule has 0 amide bonds. The molecule has 0 aliphatic rings. The summed E-state index contributed by atoms with van der Waals surface area (Å²) in [5.41, 5.74) is 7.68. The van der Waals surface area contributed by atoms with Crippen LogP contribution in [0.5, 0.6) is 11.5 Å². The first-order valence-corrected chi connectivity index (χ1v) is 6.27. The van der Waals surface area contributed by atoms with E-state index in [1.807, 2.05) is 31.2 Å². The third-order valence-electron chi connectivity index (χ3n) is 2.97. The Balaban J connectivity index is 2.25. The molecule has 3 nitrogen and oxygen atoms in total. The maximum Gasteiger partial charge on any atom is 0.132 e. The topological polar surface area (TPSA) is 59.0 Å². The highest BCUT2D eigenvalue weighted by atomic mass is 16.5. The van der Waals surface area contributed by atoms with E-state index in [-0.39, 0.29) is 6.04 Å². The van der Waals surface area contributed by atoms with E-state index < -0.39 is 0 Å². The summed E-state index contributed by atoms with van der Waals surface area (Å²) < 4.78 is 5.84. The van der Waals surface area contributed by atoms with Crippen molar-refractivity contribution in [2.75, 3.05) is 0 Å². The van der Waals surface area contributed by atoms with Crippen molar-refractivity contribution in [3.8, 4) is 17.6 Å². The third-order valence-corrected chi connectivity index (χ3v) is 2.97. The predicted octanol–water partition coefficient (Wildman–Crippen LogP) is 3.76. The molecule has 2 aromatic carbocycles. The van der Waals surface area contributed by atoms with Gasteiger partial charge in [-0.1, -0.05) is 25.1 Å². The van der Waals surface area contributed by atoms with Gasteiger partial charge in [0.1, 0.15) is 11.5 Å². The van der Waals surface area contributed by atoms with Crippen molar-refractivity contribution in [3.05, 3.63) is 59.7 Å². The van der Waals surface area contributed by atoms with E-state index >= 15 is 0 Å². The van der Waals surface area contributed by atoms with Crippen LogP contribution in [0.3, 0.4) is 0 Å². The van der Waals surface area contributed by atoms with Crippen LogP contribution in [0.25, 0.3) is 0 Å². The van der Waals surface area contributed by atoms with Crippen molar-refractivity contribution in [2.24, 2.45) is 5.73 Å². The Hall–Kier alpha value is -2.31. The fourth-order valence-corrected chi connectivity index (χ4v) is 1.82. The lowest BCUT2D eigenvalue weighted by Crippen LogP contribution is -2.09. The van der Waals surface area contributed by atoms with Crippen LogP contribution in [0.4, 0.5) is 0 Å². The largest absolute Gasteiger partial charge is 0.457 e. The van der Waals surface area contributed by atoms with Gasteiger partial charge in [-0.2, -0.15) is 5.26 Å². The number of nitriles is 1. The van der Waals surface area contributed by atoms with Gasteiger partial charge in [-0.25, -0.2) is 0 Å². The molecular weight excluding hydrogens is 236 g/mol. The maximum atomic E-state index is 8.76. The zero-order chi connectivity index (χ0) is 13.7. The van der Waals surface area contributed by atoms with Crippen LogP contribution in [0.15, 0.2) is 48.5 Å². The molecule has 2 aromatic rings. The standard InChI is InChI=1S/C16H16N2O/c1-2-15(18)14-5-3-4-6-16(14)19-13-9-7-12(11-17)8-10-13/h3-10,15H,2,18H2,1H3/t15-/m1/s1. The Bertz CT molecular complexity index is 584. The molecule has 0 aliphatic carbocycles. The van der Waals surface area contributed by atoms with Gasteiger partial charge in [-0.05, 0) is 36.8 Å². The maximum absolute atomic E-state index is 8.76. The van der Waals surface area contributed by atoms with Crippen molar-refractivity contribution >= 4 is 0 Å². The lowest BCUT2D eigenvalue weighted by atomic mass is 10.0. The van der Waals surface area contributed by atoms with Crippen molar-refractivity contribution in [3.63, 3.8) is 0 Å².